The second-order valence-electron chi connectivity index (χ2n) is 5.87. The van der Waals surface area contributed by atoms with E-state index in [1.165, 1.54) is 16.7 Å². The maximum atomic E-state index is 10.7. The Morgan fingerprint density at radius 2 is 1.95 bits per heavy atom. The van der Waals surface area contributed by atoms with E-state index in [4.69, 9.17) is 0 Å². The summed E-state index contributed by atoms with van der Waals surface area (Å²) in [6.45, 7) is 6.11. The van der Waals surface area contributed by atoms with Crippen molar-refractivity contribution < 1.29 is 5.11 Å². The van der Waals surface area contributed by atoms with E-state index in [9.17, 15) is 5.11 Å². The lowest BCUT2D eigenvalue weighted by Gasteiger charge is -2.25. The van der Waals surface area contributed by atoms with E-state index in [1.807, 2.05) is 13.0 Å². The summed E-state index contributed by atoms with van der Waals surface area (Å²) in [5, 5.41) is 10.7. The highest BCUT2D eigenvalue weighted by molar-refractivity contribution is 5.33. The number of aryl methyl sites for hydroxylation is 2. The second kappa shape index (κ2) is 6.23. The van der Waals surface area contributed by atoms with Crippen molar-refractivity contribution in [3.63, 3.8) is 0 Å². The highest BCUT2D eigenvalue weighted by Crippen LogP contribution is 2.29. The van der Waals surface area contributed by atoms with Gasteiger partial charge in [-0.15, -0.1) is 0 Å². The van der Waals surface area contributed by atoms with Gasteiger partial charge in [-0.05, 0) is 56.7 Å². The first-order valence-electron chi connectivity index (χ1n) is 7.31. The van der Waals surface area contributed by atoms with Gasteiger partial charge < -0.3 is 5.11 Å². The molecule has 0 bridgehead atoms. The molecule has 1 aliphatic carbocycles. The van der Waals surface area contributed by atoms with Crippen LogP contribution in [0.1, 0.15) is 42.9 Å². The van der Waals surface area contributed by atoms with Crippen LogP contribution in [-0.2, 0) is 5.60 Å². The van der Waals surface area contributed by atoms with Crippen LogP contribution in [0.3, 0.4) is 0 Å². The molecule has 0 amide bonds. The van der Waals surface area contributed by atoms with Gasteiger partial charge in [0.05, 0.1) is 5.60 Å². The molecule has 1 aromatic rings. The zero-order valence-corrected chi connectivity index (χ0v) is 12.7. The summed E-state index contributed by atoms with van der Waals surface area (Å²) in [5.41, 5.74) is 4.05. The van der Waals surface area contributed by atoms with Crippen molar-refractivity contribution in [2.75, 3.05) is 0 Å². The maximum absolute atomic E-state index is 10.7. The summed E-state index contributed by atoms with van der Waals surface area (Å²) in [7, 11) is 0. The third kappa shape index (κ3) is 3.71. The van der Waals surface area contributed by atoms with E-state index in [1.54, 1.807) is 0 Å². The molecule has 0 saturated heterocycles. The average molecular weight is 268 g/mol. The monoisotopic (exact) mass is 268 g/mol. The van der Waals surface area contributed by atoms with Gasteiger partial charge in [0.15, 0.2) is 0 Å². The standard InChI is InChI=1S/C19H24O/c1-15-10-11-18(14-16(15)2)19(3,20)13-12-17-8-6-4-5-7-9-17/h4-6,8-11,14,20H,7,12-13H2,1-3H3. The average Bonchev–Trinajstić information content (AvgIpc) is 2.68. The third-order valence-electron chi connectivity index (χ3n) is 4.10. The lowest BCUT2D eigenvalue weighted by molar-refractivity contribution is 0.0482. The minimum atomic E-state index is -0.771. The summed E-state index contributed by atoms with van der Waals surface area (Å²) < 4.78 is 0. The Kier molecular flexibility index (Phi) is 4.61. The van der Waals surface area contributed by atoms with Gasteiger partial charge in [0.25, 0.3) is 0 Å². The highest BCUT2D eigenvalue weighted by Gasteiger charge is 2.23. The van der Waals surface area contributed by atoms with Crippen molar-refractivity contribution in [2.45, 2.75) is 45.6 Å². The van der Waals surface area contributed by atoms with Crippen molar-refractivity contribution in [3.8, 4) is 0 Å². The Bertz CT molecular complexity index is 559. The minimum absolute atomic E-state index is 0.742. The number of rotatable bonds is 4. The van der Waals surface area contributed by atoms with Crippen molar-refractivity contribution in [3.05, 3.63) is 70.8 Å². The van der Waals surface area contributed by atoms with E-state index >= 15 is 0 Å². The zero-order valence-electron chi connectivity index (χ0n) is 12.7. The van der Waals surface area contributed by atoms with Crippen LogP contribution in [-0.4, -0.2) is 5.11 Å². The van der Waals surface area contributed by atoms with E-state index < -0.39 is 5.60 Å². The normalized spacial score (nSPS) is 17.5. The molecule has 0 aromatic heterocycles. The number of hydrogen-bond acceptors (Lipinski definition) is 1. The van der Waals surface area contributed by atoms with Gasteiger partial charge in [0.2, 0.25) is 0 Å². The van der Waals surface area contributed by atoms with Crippen molar-refractivity contribution in [1.29, 1.82) is 0 Å². The first kappa shape index (κ1) is 14.8. The van der Waals surface area contributed by atoms with Gasteiger partial charge in [0.1, 0.15) is 0 Å². The summed E-state index contributed by atoms with van der Waals surface area (Å²) in [6.07, 6.45) is 13.3. The molecular weight excluding hydrogens is 244 g/mol. The number of aliphatic hydroxyl groups is 1. The number of benzene rings is 1. The molecule has 0 fully saturated rings. The molecule has 2 rings (SSSR count). The topological polar surface area (TPSA) is 20.2 Å². The molecule has 1 unspecified atom stereocenters. The molecule has 1 N–H and O–H groups in total. The molecule has 1 heteroatoms. The fourth-order valence-corrected chi connectivity index (χ4v) is 2.42. The van der Waals surface area contributed by atoms with Crippen LogP contribution in [0.25, 0.3) is 0 Å². The predicted molar refractivity (Wildman–Crippen MR) is 85.7 cm³/mol. The van der Waals surface area contributed by atoms with Gasteiger partial charge in [0, 0.05) is 0 Å². The first-order chi connectivity index (χ1) is 9.49. The van der Waals surface area contributed by atoms with Gasteiger partial charge in [-0.3, -0.25) is 0 Å². The molecule has 106 valence electrons. The highest BCUT2D eigenvalue weighted by atomic mass is 16.3. The molecule has 0 heterocycles. The van der Waals surface area contributed by atoms with Gasteiger partial charge in [-0.1, -0.05) is 54.2 Å². The molecule has 1 atom stereocenters. The Balaban J connectivity index is 2.06. The van der Waals surface area contributed by atoms with Crippen LogP contribution < -0.4 is 0 Å². The van der Waals surface area contributed by atoms with Crippen LogP contribution in [0, 0.1) is 13.8 Å². The fraction of sp³-hybridized carbons (Fsp3) is 0.368. The van der Waals surface area contributed by atoms with E-state index in [0.29, 0.717) is 0 Å². The molecule has 0 saturated carbocycles. The minimum Gasteiger partial charge on any atom is -0.385 e. The molecule has 1 aliphatic rings. The van der Waals surface area contributed by atoms with Gasteiger partial charge >= 0.3 is 0 Å². The van der Waals surface area contributed by atoms with E-state index in [2.05, 4.69) is 56.4 Å². The Morgan fingerprint density at radius 1 is 1.15 bits per heavy atom. The Morgan fingerprint density at radius 3 is 2.70 bits per heavy atom. The van der Waals surface area contributed by atoms with E-state index in [-0.39, 0.29) is 0 Å². The Labute approximate surface area is 122 Å². The van der Waals surface area contributed by atoms with Crippen LogP contribution in [0.5, 0.6) is 0 Å². The van der Waals surface area contributed by atoms with Gasteiger partial charge in [-0.2, -0.15) is 0 Å². The molecule has 0 spiro atoms. The van der Waals surface area contributed by atoms with Crippen LogP contribution in [0.2, 0.25) is 0 Å². The Hall–Kier alpha value is -1.60. The smallest absolute Gasteiger partial charge is 0.0871 e. The largest absolute Gasteiger partial charge is 0.385 e. The van der Waals surface area contributed by atoms with E-state index in [0.717, 1.165) is 24.8 Å². The van der Waals surface area contributed by atoms with Crippen LogP contribution in [0.15, 0.2) is 54.2 Å². The van der Waals surface area contributed by atoms with Crippen molar-refractivity contribution >= 4 is 0 Å². The summed E-state index contributed by atoms with van der Waals surface area (Å²) in [4.78, 5) is 0. The fourth-order valence-electron chi connectivity index (χ4n) is 2.42. The van der Waals surface area contributed by atoms with Crippen molar-refractivity contribution in [2.24, 2.45) is 0 Å². The number of hydrogen-bond donors (Lipinski definition) is 1. The summed E-state index contributed by atoms with van der Waals surface area (Å²) in [6, 6.07) is 6.24. The summed E-state index contributed by atoms with van der Waals surface area (Å²) >= 11 is 0. The molecule has 1 nitrogen and oxygen atoms in total. The lowest BCUT2D eigenvalue weighted by Crippen LogP contribution is -2.21. The molecular formula is C19H24O. The van der Waals surface area contributed by atoms with Crippen LogP contribution in [0.4, 0.5) is 0 Å². The SMILES string of the molecule is Cc1ccc(C(C)(O)CCC2=CCC=CC=C2)cc1C. The van der Waals surface area contributed by atoms with Crippen molar-refractivity contribution in [1.82, 2.24) is 0 Å². The quantitative estimate of drug-likeness (QED) is 0.836. The molecule has 20 heavy (non-hydrogen) atoms. The third-order valence-corrected chi connectivity index (χ3v) is 4.10. The predicted octanol–water partition coefficient (Wildman–Crippen LogP) is 4.73. The molecule has 0 radical (unpaired) electrons. The lowest BCUT2D eigenvalue weighted by atomic mass is 9.87. The number of allylic oxidation sites excluding steroid dienone is 6. The summed E-state index contributed by atoms with van der Waals surface area (Å²) in [5.74, 6) is 0. The van der Waals surface area contributed by atoms with Gasteiger partial charge in [-0.25, -0.2) is 0 Å². The zero-order chi connectivity index (χ0) is 14.6. The molecule has 1 aromatic carbocycles. The molecule has 0 aliphatic heterocycles. The first-order valence-corrected chi connectivity index (χ1v) is 7.31. The van der Waals surface area contributed by atoms with Crippen LogP contribution >= 0.6 is 0 Å². The maximum Gasteiger partial charge on any atom is 0.0871 e. The second-order valence-corrected chi connectivity index (χ2v) is 5.87.